The summed E-state index contributed by atoms with van der Waals surface area (Å²) in [4.78, 5) is 40.2. The maximum absolute atomic E-state index is 12.1. The number of ketones is 1. The van der Waals surface area contributed by atoms with Crippen LogP contribution in [0.5, 0.6) is 5.75 Å². The van der Waals surface area contributed by atoms with Crippen LogP contribution in [0.3, 0.4) is 0 Å². The number of nitrogens with zero attached hydrogens (tertiary/aromatic N) is 1. The van der Waals surface area contributed by atoms with Crippen molar-refractivity contribution in [1.82, 2.24) is 0 Å². The number of esters is 1. The minimum Gasteiger partial charge on any atom is -0.497 e. The number of benzene rings is 2. The molecule has 0 aliphatic rings. The summed E-state index contributed by atoms with van der Waals surface area (Å²) in [5.74, 6) is -0.669. The van der Waals surface area contributed by atoms with Gasteiger partial charge < -0.3 is 19.6 Å². The first-order valence-electron chi connectivity index (χ1n) is 8.80. The van der Waals surface area contributed by atoms with Crippen molar-refractivity contribution in [3.8, 4) is 5.75 Å². The third kappa shape index (κ3) is 7.10. The number of anilines is 1. The molecule has 0 bridgehead atoms. The largest absolute Gasteiger partial charge is 0.497 e. The molecule has 1 N–H and O–H groups in total. The highest BCUT2D eigenvalue weighted by Gasteiger charge is 2.18. The Morgan fingerprint density at radius 3 is 2.52 bits per heavy atom. The number of hydrogen-bond donors (Lipinski definition) is 1. The van der Waals surface area contributed by atoms with Crippen molar-refractivity contribution in [1.29, 1.82) is 0 Å². The molecule has 0 spiro atoms. The molecule has 2 aromatic carbocycles. The topological polar surface area (TPSA) is 103 Å². The van der Waals surface area contributed by atoms with E-state index in [1.165, 1.54) is 20.1 Å². The Morgan fingerprint density at radius 2 is 1.86 bits per heavy atom. The van der Waals surface area contributed by atoms with Crippen molar-refractivity contribution < 1.29 is 28.7 Å². The monoisotopic (exact) mass is 398 g/mol. The van der Waals surface area contributed by atoms with Crippen LogP contribution in [0.1, 0.15) is 29.8 Å². The predicted molar refractivity (Wildman–Crippen MR) is 107 cm³/mol. The molecule has 0 saturated heterocycles. The molecule has 0 aliphatic carbocycles. The zero-order valence-electron chi connectivity index (χ0n) is 16.4. The fourth-order valence-corrected chi connectivity index (χ4v) is 2.22. The van der Waals surface area contributed by atoms with Crippen molar-refractivity contribution in [2.75, 3.05) is 19.0 Å². The van der Waals surface area contributed by atoms with Gasteiger partial charge in [0.15, 0.2) is 11.9 Å². The molecule has 2 aromatic rings. The van der Waals surface area contributed by atoms with E-state index >= 15 is 0 Å². The summed E-state index contributed by atoms with van der Waals surface area (Å²) in [7, 11) is 1.57. The number of methoxy groups -OCH3 is 1. The molecule has 152 valence electrons. The van der Waals surface area contributed by atoms with Crippen molar-refractivity contribution in [3.63, 3.8) is 0 Å². The van der Waals surface area contributed by atoms with E-state index in [9.17, 15) is 14.4 Å². The molecule has 0 aromatic heterocycles. The highest BCUT2D eigenvalue weighted by Crippen LogP contribution is 2.12. The lowest BCUT2D eigenvalue weighted by Gasteiger charge is -2.13. The fraction of sp³-hybridized carbons (Fsp3) is 0.238. The minimum atomic E-state index is -1.04. The average Bonchev–Trinajstić information content (AvgIpc) is 2.71. The highest BCUT2D eigenvalue weighted by molar-refractivity contribution is 5.98. The van der Waals surface area contributed by atoms with E-state index in [0.717, 1.165) is 5.56 Å². The van der Waals surface area contributed by atoms with Gasteiger partial charge in [-0.15, -0.1) is 0 Å². The normalized spacial score (nSPS) is 11.6. The van der Waals surface area contributed by atoms with Gasteiger partial charge in [0.1, 0.15) is 5.75 Å². The Kier molecular flexibility index (Phi) is 7.90. The maximum atomic E-state index is 12.1. The second kappa shape index (κ2) is 10.6. The standard InChI is InChI=1S/C21H22N2O6/c1-14(24)17-5-4-6-18(11-17)23-21(26)15(2)29-20(25)13-28-22-12-16-7-9-19(27-3)10-8-16/h4-12,15H,13H2,1-3H3,(H,23,26)/b22-12-/t15-/m0/s1. The molecular weight excluding hydrogens is 376 g/mol. The number of ether oxygens (including phenoxy) is 2. The van der Waals surface area contributed by atoms with Gasteiger partial charge in [0.2, 0.25) is 6.61 Å². The number of rotatable bonds is 9. The van der Waals surface area contributed by atoms with Crippen LogP contribution in [-0.2, 0) is 19.2 Å². The van der Waals surface area contributed by atoms with E-state index in [1.54, 1.807) is 55.6 Å². The fourth-order valence-electron chi connectivity index (χ4n) is 2.22. The number of carbonyl (C=O) groups is 3. The molecule has 0 unspecified atom stereocenters. The summed E-state index contributed by atoms with van der Waals surface area (Å²) < 4.78 is 10.1. The van der Waals surface area contributed by atoms with Gasteiger partial charge in [0, 0.05) is 11.3 Å². The molecule has 8 nitrogen and oxygen atoms in total. The summed E-state index contributed by atoms with van der Waals surface area (Å²) in [6.45, 7) is 2.43. The van der Waals surface area contributed by atoms with E-state index in [1.807, 2.05) is 0 Å². The second-order valence-corrected chi connectivity index (χ2v) is 6.04. The second-order valence-electron chi connectivity index (χ2n) is 6.04. The number of oxime groups is 1. The van der Waals surface area contributed by atoms with Crippen LogP contribution in [0.15, 0.2) is 53.7 Å². The Bertz CT molecular complexity index is 892. The van der Waals surface area contributed by atoms with E-state index in [0.29, 0.717) is 17.0 Å². The van der Waals surface area contributed by atoms with Crippen molar-refractivity contribution in [3.05, 3.63) is 59.7 Å². The lowest BCUT2D eigenvalue weighted by atomic mass is 10.1. The van der Waals surface area contributed by atoms with Crippen LogP contribution >= 0.6 is 0 Å². The first kappa shape index (κ1) is 21.6. The summed E-state index contributed by atoms with van der Waals surface area (Å²) in [5, 5.41) is 6.28. The molecule has 0 saturated carbocycles. The molecule has 1 amide bonds. The molecule has 0 radical (unpaired) electrons. The van der Waals surface area contributed by atoms with Crippen molar-refractivity contribution in [2.24, 2.45) is 5.16 Å². The van der Waals surface area contributed by atoms with E-state index in [2.05, 4.69) is 10.5 Å². The first-order chi connectivity index (χ1) is 13.9. The van der Waals surface area contributed by atoms with Crippen LogP contribution in [0.2, 0.25) is 0 Å². The maximum Gasteiger partial charge on any atom is 0.347 e. The van der Waals surface area contributed by atoms with E-state index in [-0.39, 0.29) is 5.78 Å². The summed E-state index contributed by atoms with van der Waals surface area (Å²) in [5.41, 5.74) is 1.67. The Labute approximate surface area is 168 Å². The number of carbonyl (C=O) groups excluding carboxylic acids is 3. The zero-order valence-corrected chi connectivity index (χ0v) is 16.4. The number of amides is 1. The lowest BCUT2D eigenvalue weighted by Crippen LogP contribution is -2.31. The third-order valence-electron chi connectivity index (χ3n) is 3.79. The number of hydrogen-bond acceptors (Lipinski definition) is 7. The SMILES string of the molecule is COc1ccc(/C=N\OCC(=O)O[C@@H](C)C(=O)Nc2cccc(C(C)=O)c2)cc1. The van der Waals surface area contributed by atoms with Crippen LogP contribution in [-0.4, -0.2) is 43.7 Å². The predicted octanol–water partition coefficient (Wildman–Crippen LogP) is 2.82. The Morgan fingerprint density at radius 1 is 1.14 bits per heavy atom. The van der Waals surface area contributed by atoms with Crippen LogP contribution in [0.25, 0.3) is 0 Å². The van der Waals surface area contributed by atoms with Gasteiger partial charge in [-0.05, 0) is 55.8 Å². The van der Waals surface area contributed by atoms with Crippen LogP contribution in [0.4, 0.5) is 5.69 Å². The third-order valence-corrected chi connectivity index (χ3v) is 3.79. The number of nitrogens with one attached hydrogen (secondary N) is 1. The van der Waals surface area contributed by atoms with Gasteiger partial charge in [-0.1, -0.05) is 17.3 Å². The Hall–Kier alpha value is -3.68. The van der Waals surface area contributed by atoms with Crippen LogP contribution in [0, 0.1) is 0 Å². The molecule has 0 heterocycles. The molecule has 29 heavy (non-hydrogen) atoms. The van der Waals surface area contributed by atoms with Crippen molar-refractivity contribution in [2.45, 2.75) is 20.0 Å². The van der Waals surface area contributed by atoms with Gasteiger partial charge >= 0.3 is 5.97 Å². The summed E-state index contributed by atoms with van der Waals surface area (Å²) in [6, 6.07) is 13.6. The van der Waals surface area contributed by atoms with E-state index in [4.69, 9.17) is 14.3 Å². The quantitative estimate of drug-likeness (QED) is 0.302. The Balaban J connectivity index is 1.77. The molecule has 8 heteroatoms. The van der Waals surface area contributed by atoms with Gasteiger partial charge in [0.25, 0.3) is 5.91 Å². The number of Topliss-reactive ketones (excluding diaryl/α,β-unsaturated/α-hetero) is 1. The lowest BCUT2D eigenvalue weighted by molar-refractivity contribution is -0.157. The molecule has 2 rings (SSSR count). The van der Waals surface area contributed by atoms with Gasteiger partial charge in [-0.3, -0.25) is 9.59 Å². The smallest absolute Gasteiger partial charge is 0.347 e. The molecule has 0 aliphatic heterocycles. The first-order valence-corrected chi connectivity index (χ1v) is 8.80. The molecule has 1 atom stereocenters. The van der Waals surface area contributed by atoms with Gasteiger partial charge in [0.05, 0.1) is 13.3 Å². The molecule has 0 fully saturated rings. The van der Waals surface area contributed by atoms with Gasteiger partial charge in [-0.25, -0.2) is 4.79 Å². The van der Waals surface area contributed by atoms with Crippen molar-refractivity contribution >= 4 is 29.6 Å². The van der Waals surface area contributed by atoms with Gasteiger partial charge in [-0.2, -0.15) is 0 Å². The van der Waals surface area contributed by atoms with E-state index < -0.39 is 24.6 Å². The highest BCUT2D eigenvalue weighted by atomic mass is 16.7. The zero-order chi connectivity index (χ0) is 21.2. The summed E-state index contributed by atoms with van der Waals surface area (Å²) >= 11 is 0. The average molecular weight is 398 g/mol. The minimum absolute atomic E-state index is 0.118. The van der Waals surface area contributed by atoms with Crippen LogP contribution < -0.4 is 10.1 Å². The summed E-state index contributed by atoms with van der Waals surface area (Å²) in [6.07, 6.45) is 0.392. The molecular formula is C21H22N2O6.